The normalized spacial score (nSPS) is 32.3. The lowest BCUT2D eigenvalue weighted by Crippen LogP contribution is -2.55. The first-order valence-corrected chi connectivity index (χ1v) is 5.79. The maximum Gasteiger partial charge on any atom is 0.222 e. The number of likely N-dealkylation sites (tertiary alicyclic amines) is 1. The predicted molar refractivity (Wildman–Crippen MR) is 56.1 cm³/mol. The van der Waals surface area contributed by atoms with Crippen molar-refractivity contribution in [1.82, 2.24) is 9.80 Å². The molecule has 0 radical (unpaired) electrons. The summed E-state index contributed by atoms with van der Waals surface area (Å²) in [5.74, 6) is 0.355. The quantitative estimate of drug-likeness (QED) is 0.660. The van der Waals surface area contributed by atoms with Crippen molar-refractivity contribution in [2.24, 2.45) is 0 Å². The lowest BCUT2D eigenvalue weighted by atomic mass is 10.1. The molecule has 2 bridgehead atoms. The van der Waals surface area contributed by atoms with Gasteiger partial charge in [-0.25, -0.2) is 0 Å². The van der Waals surface area contributed by atoms with Crippen molar-refractivity contribution in [2.75, 3.05) is 19.6 Å². The molecule has 1 amide bonds. The maximum absolute atomic E-state index is 11.7. The van der Waals surface area contributed by atoms with Gasteiger partial charge in [0.15, 0.2) is 0 Å². The first-order valence-electron chi connectivity index (χ1n) is 5.79. The molecule has 2 saturated heterocycles. The van der Waals surface area contributed by atoms with Crippen molar-refractivity contribution in [1.29, 1.82) is 0 Å². The molecule has 3 heteroatoms. The molecule has 0 N–H and O–H groups in total. The Morgan fingerprint density at radius 1 is 1.21 bits per heavy atom. The summed E-state index contributed by atoms with van der Waals surface area (Å²) < 4.78 is 0. The molecular formula is C11H20N2O. The predicted octanol–water partition coefficient (Wildman–Crippen LogP) is 1.09. The Hall–Kier alpha value is -0.570. The van der Waals surface area contributed by atoms with Crippen molar-refractivity contribution >= 4 is 5.91 Å². The van der Waals surface area contributed by atoms with Gasteiger partial charge in [0.25, 0.3) is 0 Å². The summed E-state index contributed by atoms with van der Waals surface area (Å²) in [5, 5.41) is 0. The van der Waals surface area contributed by atoms with E-state index in [1.165, 1.54) is 12.8 Å². The van der Waals surface area contributed by atoms with Crippen LogP contribution in [0.25, 0.3) is 0 Å². The molecule has 2 fully saturated rings. The number of amides is 1. The second kappa shape index (κ2) is 3.89. The Morgan fingerprint density at radius 3 is 2.21 bits per heavy atom. The number of rotatable bonds is 2. The zero-order valence-electron chi connectivity index (χ0n) is 9.20. The summed E-state index contributed by atoms with van der Waals surface area (Å²) in [6.45, 7) is 7.49. The maximum atomic E-state index is 11.7. The third-order valence-corrected chi connectivity index (χ3v) is 3.60. The van der Waals surface area contributed by atoms with Gasteiger partial charge in [0.05, 0.1) is 0 Å². The molecule has 2 aliphatic heterocycles. The second-order valence-electron chi connectivity index (χ2n) is 4.39. The van der Waals surface area contributed by atoms with Crippen LogP contribution in [0.15, 0.2) is 0 Å². The van der Waals surface area contributed by atoms with Gasteiger partial charge in [0, 0.05) is 31.6 Å². The lowest BCUT2D eigenvalue weighted by molar-refractivity contribution is -0.136. The average molecular weight is 196 g/mol. The Balaban J connectivity index is 2.06. The highest BCUT2D eigenvalue weighted by Gasteiger charge is 2.41. The Morgan fingerprint density at radius 2 is 1.79 bits per heavy atom. The van der Waals surface area contributed by atoms with E-state index in [4.69, 9.17) is 0 Å². The number of hydrogen-bond acceptors (Lipinski definition) is 2. The third kappa shape index (κ3) is 1.54. The van der Waals surface area contributed by atoms with Crippen molar-refractivity contribution < 1.29 is 4.79 Å². The van der Waals surface area contributed by atoms with Gasteiger partial charge in [-0.3, -0.25) is 9.69 Å². The van der Waals surface area contributed by atoms with Crippen LogP contribution in [0.1, 0.15) is 33.1 Å². The highest BCUT2D eigenvalue weighted by atomic mass is 16.2. The van der Waals surface area contributed by atoms with Gasteiger partial charge in [0.1, 0.15) is 0 Å². The summed E-state index contributed by atoms with van der Waals surface area (Å²) in [5.41, 5.74) is 0. The fourth-order valence-corrected chi connectivity index (χ4v) is 2.84. The Bertz CT molecular complexity index is 215. The zero-order valence-corrected chi connectivity index (χ0v) is 9.20. The highest BCUT2D eigenvalue weighted by Crippen LogP contribution is 2.30. The van der Waals surface area contributed by atoms with Crippen LogP contribution in [0.2, 0.25) is 0 Å². The molecule has 0 saturated carbocycles. The molecule has 3 nitrogen and oxygen atoms in total. The topological polar surface area (TPSA) is 23.6 Å². The van der Waals surface area contributed by atoms with Crippen LogP contribution in [0.4, 0.5) is 0 Å². The Labute approximate surface area is 86.1 Å². The van der Waals surface area contributed by atoms with Crippen LogP contribution >= 0.6 is 0 Å². The number of carbonyl (C=O) groups excluding carboxylic acids is 1. The monoisotopic (exact) mass is 196 g/mol. The SMILES string of the molecule is CCC(=O)N1C2CCC1CN(CC)C2. The van der Waals surface area contributed by atoms with Crippen molar-refractivity contribution in [3.8, 4) is 0 Å². The largest absolute Gasteiger partial charge is 0.334 e. The summed E-state index contributed by atoms with van der Waals surface area (Å²) in [6, 6.07) is 1.03. The van der Waals surface area contributed by atoms with Crippen LogP contribution in [0.3, 0.4) is 0 Å². The first kappa shape index (κ1) is 9.97. The van der Waals surface area contributed by atoms with Crippen molar-refractivity contribution in [3.05, 3.63) is 0 Å². The van der Waals surface area contributed by atoms with Gasteiger partial charge in [-0.05, 0) is 19.4 Å². The summed E-state index contributed by atoms with van der Waals surface area (Å²) in [7, 11) is 0. The molecular weight excluding hydrogens is 176 g/mol. The van der Waals surface area contributed by atoms with E-state index >= 15 is 0 Å². The minimum atomic E-state index is 0.355. The van der Waals surface area contributed by atoms with Gasteiger partial charge in [0.2, 0.25) is 5.91 Å². The Kier molecular flexibility index (Phi) is 2.77. The van der Waals surface area contributed by atoms with E-state index in [0.717, 1.165) is 19.6 Å². The smallest absolute Gasteiger partial charge is 0.222 e. The van der Waals surface area contributed by atoms with Crippen LogP contribution in [-0.4, -0.2) is 47.4 Å². The standard InChI is InChI=1S/C11H20N2O/c1-3-11(14)13-9-5-6-10(13)8-12(4-2)7-9/h9-10H,3-8H2,1-2H3. The third-order valence-electron chi connectivity index (χ3n) is 3.60. The number of hydrogen-bond donors (Lipinski definition) is 0. The van der Waals surface area contributed by atoms with Gasteiger partial charge >= 0.3 is 0 Å². The highest BCUT2D eigenvalue weighted by molar-refractivity contribution is 5.77. The number of nitrogens with zero attached hydrogens (tertiary/aromatic N) is 2. The zero-order chi connectivity index (χ0) is 10.1. The minimum absolute atomic E-state index is 0.355. The molecule has 0 spiro atoms. The van der Waals surface area contributed by atoms with E-state index in [9.17, 15) is 4.79 Å². The number of likely N-dealkylation sites (N-methyl/N-ethyl adjacent to an activating group) is 1. The summed E-state index contributed by atoms with van der Waals surface area (Å²) in [4.78, 5) is 16.4. The number of fused-ring (bicyclic) bond motifs is 2. The van der Waals surface area contributed by atoms with Crippen molar-refractivity contribution in [2.45, 2.75) is 45.2 Å². The van der Waals surface area contributed by atoms with E-state index in [1.807, 2.05) is 6.92 Å². The van der Waals surface area contributed by atoms with Crippen LogP contribution < -0.4 is 0 Å². The number of carbonyl (C=O) groups is 1. The molecule has 2 heterocycles. The van der Waals surface area contributed by atoms with Crippen LogP contribution in [-0.2, 0) is 4.79 Å². The molecule has 0 aromatic carbocycles. The van der Waals surface area contributed by atoms with E-state index in [2.05, 4.69) is 16.7 Å². The molecule has 0 aromatic heterocycles. The van der Waals surface area contributed by atoms with E-state index in [0.29, 0.717) is 24.4 Å². The summed E-state index contributed by atoms with van der Waals surface area (Å²) >= 11 is 0. The van der Waals surface area contributed by atoms with E-state index in [1.54, 1.807) is 0 Å². The first-order chi connectivity index (χ1) is 6.76. The lowest BCUT2D eigenvalue weighted by Gasteiger charge is -2.40. The molecule has 14 heavy (non-hydrogen) atoms. The van der Waals surface area contributed by atoms with Gasteiger partial charge in [-0.1, -0.05) is 13.8 Å². The molecule has 2 atom stereocenters. The van der Waals surface area contributed by atoms with Crippen LogP contribution in [0, 0.1) is 0 Å². The van der Waals surface area contributed by atoms with Gasteiger partial charge < -0.3 is 4.90 Å². The van der Waals surface area contributed by atoms with Crippen LogP contribution in [0.5, 0.6) is 0 Å². The molecule has 2 unspecified atom stereocenters. The minimum Gasteiger partial charge on any atom is -0.334 e. The molecule has 0 aromatic rings. The van der Waals surface area contributed by atoms with Crippen molar-refractivity contribution in [3.63, 3.8) is 0 Å². The average Bonchev–Trinajstić information content (AvgIpc) is 2.48. The fraction of sp³-hybridized carbons (Fsp3) is 0.909. The van der Waals surface area contributed by atoms with E-state index < -0.39 is 0 Å². The second-order valence-corrected chi connectivity index (χ2v) is 4.39. The summed E-state index contributed by atoms with van der Waals surface area (Å²) in [6.07, 6.45) is 3.10. The van der Waals surface area contributed by atoms with Gasteiger partial charge in [-0.15, -0.1) is 0 Å². The molecule has 80 valence electrons. The van der Waals surface area contributed by atoms with Gasteiger partial charge in [-0.2, -0.15) is 0 Å². The fourth-order valence-electron chi connectivity index (χ4n) is 2.84. The molecule has 2 aliphatic rings. The van der Waals surface area contributed by atoms with E-state index in [-0.39, 0.29) is 0 Å². The molecule has 0 aliphatic carbocycles. The molecule has 2 rings (SSSR count). The number of piperazine rings is 1.